The van der Waals surface area contributed by atoms with Crippen LogP contribution in [0.15, 0.2) is 52.1 Å². The number of phenolic OH excluding ortho intramolecular Hbond substituents is 1. The Morgan fingerprint density at radius 3 is 2.55 bits per heavy atom. The van der Waals surface area contributed by atoms with Gasteiger partial charge in [0.05, 0.1) is 11.3 Å². The Morgan fingerprint density at radius 2 is 1.87 bits per heavy atom. The van der Waals surface area contributed by atoms with E-state index in [0.29, 0.717) is 5.56 Å². The van der Waals surface area contributed by atoms with Gasteiger partial charge in [0, 0.05) is 27.7 Å². The van der Waals surface area contributed by atoms with Crippen LogP contribution >= 0.6 is 0 Å². The standard InChI is InChI=1S/C21H22FN5O4/c1-26(2)20(30)14-8-5-9-15(18(14)28)24-16-17(21(31)27(3)25-19(16)29)23-11-12-6-4-7-13(22)10-12/h4-10,23-24,28H,11H2,1-3H3,(H,25,29). The third kappa shape index (κ3) is 4.58. The lowest BCUT2D eigenvalue weighted by molar-refractivity contribution is 0.0824. The van der Waals surface area contributed by atoms with Crippen LogP contribution in [-0.4, -0.2) is 39.8 Å². The van der Waals surface area contributed by atoms with E-state index in [1.165, 1.54) is 48.3 Å². The molecule has 10 heteroatoms. The number of nitrogens with one attached hydrogen (secondary N) is 3. The minimum absolute atomic E-state index is 0.0320. The van der Waals surface area contributed by atoms with Gasteiger partial charge >= 0.3 is 0 Å². The third-order valence-corrected chi connectivity index (χ3v) is 4.56. The number of rotatable bonds is 6. The summed E-state index contributed by atoms with van der Waals surface area (Å²) < 4.78 is 14.5. The monoisotopic (exact) mass is 427 g/mol. The summed E-state index contributed by atoms with van der Waals surface area (Å²) in [6.45, 7) is 0.0796. The van der Waals surface area contributed by atoms with Crippen LogP contribution in [0.2, 0.25) is 0 Å². The second-order valence-corrected chi connectivity index (χ2v) is 7.06. The number of aromatic amines is 1. The Kier molecular flexibility index (Phi) is 6.10. The number of halogens is 1. The van der Waals surface area contributed by atoms with Crippen molar-refractivity contribution in [2.75, 3.05) is 24.7 Å². The zero-order valence-electron chi connectivity index (χ0n) is 17.2. The molecule has 0 fully saturated rings. The summed E-state index contributed by atoms with van der Waals surface area (Å²) in [5.41, 5.74) is -0.728. The van der Waals surface area contributed by atoms with E-state index >= 15 is 0 Å². The number of H-pyrrole nitrogens is 1. The number of para-hydroxylation sites is 1. The first kappa shape index (κ1) is 21.6. The van der Waals surface area contributed by atoms with Gasteiger partial charge in [-0.2, -0.15) is 0 Å². The van der Waals surface area contributed by atoms with Crippen LogP contribution in [0.5, 0.6) is 5.75 Å². The van der Waals surface area contributed by atoms with Gasteiger partial charge in [-0.1, -0.05) is 18.2 Å². The van der Waals surface area contributed by atoms with Crippen molar-refractivity contribution in [2.24, 2.45) is 7.05 Å². The minimum Gasteiger partial charge on any atom is -0.505 e. The smallest absolute Gasteiger partial charge is 0.290 e. The molecule has 31 heavy (non-hydrogen) atoms. The summed E-state index contributed by atoms with van der Waals surface area (Å²) in [5, 5.41) is 18.5. The van der Waals surface area contributed by atoms with Crippen LogP contribution in [-0.2, 0) is 13.6 Å². The molecule has 0 saturated heterocycles. The second kappa shape index (κ2) is 8.74. The van der Waals surface area contributed by atoms with Gasteiger partial charge in [-0.05, 0) is 29.8 Å². The highest BCUT2D eigenvalue weighted by atomic mass is 19.1. The van der Waals surface area contributed by atoms with E-state index in [9.17, 15) is 23.9 Å². The number of anilines is 3. The number of aromatic hydroxyl groups is 1. The highest BCUT2D eigenvalue weighted by Gasteiger charge is 2.19. The molecule has 2 aromatic carbocycles. The summed E-state index contributed by atoms with van der Waals surface area (Å²) in [6, 6.07) is 10.3. The molecular weight excluding hydrogens is 405 g/mol. The summed E-state index contributed by atoms with van der Waals surface area (Å²) in [7, 11) is 4.47. The number of hydrogen-bond acceptors (Lipinski definition) is 6. The normalized spacial score (nSPS) is 10.6. The van der Waals surface area contributed by atoms with Crippen molar-refractivity contribution in [1.29, 1.82) is 0 Å². The van der Waals surface area contributed by atoms with Crippen molar-refractivity contribution < 1.29 is 14.3 Å². The van der Waals surface area contributed by atoms with Crippen molar-refractivity contribution in [3.63, 3.8) is 0 Å². The Hall–Kier alpha value is -4.08. The van der Waals surface area contributed by atoms with Crippen molar-refractivity contribution >= 4 is 23.0 Å². The third-order valence-electron chi connectivity index (χ3n) is 4.56. The lowest BCUT2D eigenvalue weighted by Gasteiger charge is -2.17. The highest BCUT2D eigenvalue weighted by Crippen LogP contribution is 2.31. The number of aromatic nitrogens is 2. The summed E-state index contributed by atoms with van der Waals surface area (Å²) in [5.74, 6) is -1.22. The molecule has 9 nitrogen and oxygen atoms in total. The molecule has 0 unspecified atom stereocenters. The number of carbonyl (C=O) groups excluding carboxylic acids is 1. The lowest BCUT2D eigenvalue weighted by atomic mass is 10.1. The van der Waals surface area contributed by atoms with Crippen LogP contribution in [0.4, 0.5) is 21.5 Å². The predicted molar refractivity (Wildman–Crippen MR) is 115 cm³/mol. The van der Waals surface area contributed by atoms with Crippen LogP contribution in [0.1, 0.15) is 15.9 Å². The molecule has 4 N–H and O–H groups in total. The lowest BCUT2D eigenvalue weighted by Crippen LogP contribution is -2.32. The summed E-state index contributed by atoms with van der Waals surface area (Å²) in [6.07, 6.45) is 0. The van der Waals surface area contributed by atoms with Crippen LogP contribution in [0.25, 0.3) is 0 Å². The van der Waals surface area contributed by atoms with Gasteiger partial charge in [0.15, 0.2) is 5.75 Å². The molecule has 0 spiro atoms. The zero-order chi connectivity index (χ0) is 22.7. The molecule has 3 rings (SSSR count). The topological polar surface area (TPSA) is 119 Å². The van der Waals surface area contributed by atoms with E-state index in [4.69, 9.17) is 0 Å². The zero-order valence-corrected chi connectivity index (χ0v) is 17.2. The largest absolute Gasteiger partial charge is 0.505 e. The fraction of sp³-hybridized carbons (Fsp3) is 0.190. The number of aryl methyl sites for hydroxylation is 1. The average Bonchev–Trinajstić information content (AvgIpc) is 2.72. The molecular formula is C21H22FN5O4. The van der Waals surface area contributed by atoms with Crippen molar-refractivity contribution in [3.8, 4) is 5.75 Å². The van der Waals surface area contributed by atoms with Crippen molar-refractivity contribution in [3.05, 3.63) is 80.1 Å². The predicted octanol–water partition coefficient (Wildman–Crippen LogP) is 1.98. The molecule has 0 aliphatic carbocycles. The average molecular weight is 427 g/mol. The molecule has 162 valence electrons. The van der Waals surface area contributed by atoms with Crippen LogP contribution < -0.4 is 21.8 Å². The maximum Gasteiger partial charge on any atom is 0.290 e. The Bertz CT molecular complexity index is 1250. The van der Waals surface area contributed by atoms with E-state index < -0.39 is 22.8 Å². The molecule has 1 aromatic heterocycles. The van der Waals surface area contributed by atoms with Gasteiger partial charge in [0.25, 0.3) is 17.0 Å². The van der Waals surface area contributed by atoms with E-state index in [1.807, 2.05) is 0 Å². The highest BCUT2D eigenvalue weighted by molar-refractivity contribution is 5.98. The first-order valence-corrected chi connectivity index (χ1v) is 9.31. The van der Waals surface area contributed by atoms with E-state index in [2.05, 4.69) is 15.7 Å². The van der Waals surface area contributed by atoms with Crippen LogP contribution in [0, 0.1) is 5.82 Å². The number of amides is 1. The van der Waals surface area contributed by atoms with Crippen molar-refractivity contribution in [2.45, 2.75) is 6.54 Å². The molecule has 0 bridgehead atoms. The Morgan fingerprint density at radius 1 is 1.16 bits per heavy atom. The number of phenols is 1. The van der Waals surface area contributed by atoms with Gasteiger partial charge in [-0.3, -0.25) is 24.2 Å². The summed E-state index contributed by atoms with van der Waals surface area (Å²) >= 11 is 0. The fourth-order valence-corrected chi connectivity index (χ4v) is 2.96. The van der Waals surface area contributed by atoms with E-state index in [0.717, 1.165) is 4.68 Å². The molecule has 0 aliphatic heterocycles. The fourth-order valence-electron chi connectivity index (χ4n) is 2.96. The van der Waals surface area contributed by atoms with Gasteiger partial charge < -0.3 is 20.6 Å². The van der Waals surface area contributed by atoms with Crippen molar-refractivity contribution in [1.82, 2.24) is 14.7 Å². The first-order chi connectivity index (χ1) is 14.7. The number of nitrogens with zero attached hydrogens (tertiary/aromatic N) is 2. The molecule has 1 heterocycles. The minimum atomic E-state index is -0.632. The van der Waals surface area contributed by atoms with E-state index in [-0.39, 0.29) is 34.9 Å². The number of carbonyl (C=O) groups is 1. The Balaban J connectivity index is 2.01. The second-order valence-electron chi connectivity index (χ2n) is 7.06. The van der Waals surface area contributed by atoms with Gasteiger partial charge in [0.2, 0.25) is 0 Å². The van der Waals surface area contributed by atoms with Gasteiger partial charge in [-0.15, -0.1) is 0 Å². The molecule has 1 amide bonds. The first-order valence-electron chi connectivity index (χ1n) is 9.31. The summed E-state index contributed by atoms with van der Waals surface area (Å²) in [4.78, 5) is 38.8. The van der Waals surface area contributed by atoms with E-state index in [1.54, 1.807) is 20.2 Å². The van der Waals surface area contributed by atoms with Gasteiger partial charge in [0.1, 0.15) is 17.2 Å². The van der Waals surface area contributed by atoms with Crippen LogP contribution in [0.3, 0.4) is 0 Å². The molecule has 0 radical (unpaired) electrons. The maximum absolute atomic E-state index is 13.5. The number of benzene rings is 2. The quantitative estimate of drug-likeness (QED) is 0.447. The molecule has 0 atom stereocenters. The molecule has 0 aliphatic rings. The Labute approximate surface area is 176 Å². The molecule has 0 saturated carbocycles. The number of hydrogen-bond donors (Lipinski definition) is 4. The maximum atomic E-state index is 13.5. The molecule has 3 aromatic rings. The van der Waals surface area contributed by atoms with Gasteiger partial charge in [-0.25, -0.2) is 4.39 Å². The SMILES string of the molecule is CN(C)C(=O)c1cccc(Nc2c(NCc3cccc(F)c3)c(=O)n(C)[nH]c2=O)c1O.